The molecule has 3 rings (SSSR count). The van der Waals surface area contributed by atoms with Crippen molar-refractivity contribution in [2.45, 2.75) is 0 Å². The molecule has 1 amide bonds. The van der Waals surface area contributed by atoms with Crippen LogP contribution in [0.2, 0.25) is 0 Å². The molecule has 0 fully saturated rings. The van der Waals surface area contributed by atoms with Crippen molar-refractivity contribution in [3.8, 4) is 6.07 Å². The maximum atomic E-state index is 13.7. The number of nitrogens with zero attached hydrogens (tertiary/aromatic N) is 2. The van der Waals surface area contributed by atoms with Gasteiger partial charge in [-0.3, -0.25) is 9.78 Å². The topological polar surface area (TPSA) is 77.8 Å². The second kappa shape index (κ2) is 7.40. The lowest BCUT2D eigenvalue weighted by atomic mass is 10.1. The molecule has 2 N–H and O–H groups in total. The standard InChI is InChI=1S/C19H12F2N4O/c20-15-5-3-6-16(21)18(15)24-14-8-13(10-23-11-14)19(26)25-17-7-2-1-4-12(17)9-22/h1-8,10-11,24H,(H,25,26). The summed E-state index contributed by atoms with van der Waals surface area (Å²) in [5.74, 6) is -2.02. The molecule has 128 valence electrons. The molecule has 0 aliphatic carbocycles. The van der Waals surface area contributed by atoms with Gasteiger partial charge in [-0.05, 0) is 30.3 Å². The highest BCUT2D eigenvalue weighted by atomic mass is 19.1. The number of halogens is 2. The van der Waals surface area contributed by atoms with Crippen LogP contribution >= 0.6 is 0 Å². The molecule has 0 aliphatic rings. The van der Waals surface area contributed by atoms with Crippen LogP contribution in [0.15, 0.2) is 60.9 Å². The third-order valence-electron chi connectivity index (χ3n) is 3.53. The number of anilines is 3. The molecule has 2 aromatic carbocycles. The van der Waals surface area contributed by atoms with Crippen LogP contribution in [0.4, 0.5) is 25.8 Å². The molecule has 1 heterocycles. The lowest BCUT2D eigenvalue weighted by Gasteiger charge is -2.10. The Morgan fingerprint density at radius 2 is 1.77 bits per heavy atom. The fraction of sp³-hybridized carbons (Fsp3) is 0. The molecule has 0 aliphatic heterocycles. The van der Waals surface area contributed by atoms with Crippen molar-refractivity contribution in [1.29, 1.82) is 5.26 Å². The number of aromatic nitrogens is 1. The Labute approximate surface area is 147 Å². The van der Waals surface area contributed by atoms with Crippen LogP contribution in [0, 0.1) is 23.0 Å². The lowest BCUT2D eigenvalue weighted by molar-refractivity contribution is 0.102. The van der Waals surface area contributed by atoms with Gasteiger partial charge in [0.2, 0.25) is 0 Å². The van der Waals surface area contributed by atoms with E-state index in [1.807, 2.05) is 6.07 Å². The highest BCUT2D eigenvalue weighted by Crippen LogP contribution is 2.23. The van der Waals surface area contributed by atoms with Gasteiger partial charge >= 0.3 is 0 Å². The maximum Gasteiger partial charge on any atom is 0.257 e. The first-order chi connectivity index (χ1) is 12.6. The van der Waals surface area contributed by atoms with Gasteiger partial charge in [0.15, 0.2) is 0 Å². The minimum Gasteiger partial charge on any atom is -0.349 e. The van der Waals surface area contributed by atoms with Gasteiger partial charge in [-0.1, -0.05) is 18.2 Å². The van der Waals surface area contributed by atoms with E-state index in [1.165, 1.54) is 24.5 Å². The minimum atomic E-state index is -0.761. The molecule has 1 aromatic heterocycles. The highest BCUT2D eigenvalue weighted by molar-refractivity contribution is 6.05. The normalized spacial score (nSPS) is 10.0. The molecule has 0 saturated heterocycles. The largest absolute Gasteiger partial charge is 0.349 e. The van der Waals surface area contributed by atoms with E-state index in [4.69, 9.17) is 5.26 Å². The molecule has 3 aromatic rings. The lowest BCUT2D eigenvalue weighted by Crippen LogP contribution is -2.13. The number of rotatable bonds is 4. The first-order valence-electron chi connectivity index (χ1n) is 7.55. The number of hydrogen-bond acceptors (Lipinski definition) is 4. The van der Waals surface area contributed by atoms with Gasteiger partial charge < -0.3 is 10.6 Å². The van der Waals surface area contributed by atoms with Crippen molar-refractivity contribution in [2.75, 3.05) is 10.6 Å². The number of benzene rings is 2. The Hall–Kier alpha value is -3.79. The van der Waals surface area contributed by atoms with Gasteiger partial charge in [-0.25, -0.2) is 8.78 Å². The first-order valence-corrected chi connectivity index (χ1v) is 7.55. The van der Waals surface area contributed by atoms with E-state index in [0.717, 1.165) is 12.1 Å². The van der Waals surface area contributed by atoms with E-state index in [1.54, 1.807) is 24.3 Å². The van der Waals surface area contributed by atoms with Crippen LogP contribution in [0.3, 0.4) is 0 Å². The molecule has 0 unspecified atom stereocenters. The van der Waals surface area contributed by atoms with E-state index in [2.05, 4.69) is 15.6 Å². The molecule has 0 bridgehead atoms. The first kappa shape index (κ1) is 17.0. The molecule has 7 heteroatoms. The van der Waals surface area contributed by atoms with Gasteiger partial charge in [0, 0.05) is 6.20 Å². The van der Waals surface area contributed by atoms with E-state index < -0.39 is 17.5 Å². The summed E-state index contributed by atoms with van der Waals surface area (Å²) in [6.07, 6.45) is 2.65. The third kappa shape index (κ3) is 3.65. The SMILES string of the molecule is N#Cc1ccccc1NC(=O)c1cncc(Nc2c(F)cccc2F)c1. The molecule has 5 nitrogen and oxygen atoms in total. The number of nitriles is 1. The number of nitrogens with one attached hydrogen (secondary N) is 2. The van der Waals surface area contributed by atoms with Crippen molar-refractivity contribution in [1.82, 2.24) is 4.98 Å². The maximum absolute atomic E-state index is 13.7. The molecule has 0 saturated carbocycles. The predicted molar refractivity (Wildman–Crippen MR) is 93.0 cm³/mol. The van der Waals surface area contributed by atoms with Crippen molar-refractivity contribution >= 4 is 23.0 Å². The summed E-state index contributed by atoms with van der Waals surface area (Å²) in [6.45, 7) is 0. The molecular weight excluding hydrogens is 338 g/mol. The predicted octanol–water partition coefficient (Wildman–Crippen LogP) is 4.23. The van der Waals surface area contributed by atoms with E-state index in [-0.39, 0.29) is 16.9 Å². The highest BCUT2D eigenvalue weighted by Gasteiger charge is 2.12. The fourth-order valence-electron chi connectivity index (χ4n) is 2.28. The number of pyridine rings is 1. The smallest absolute Gasteiger partial charge is 0.257 e. The van der Waals surface area contributed by atoms with Crippen LogP contribution in [-0.2, 0) is 0 Å². The average Bonchev–Trinajstić information content (AvgIpc) is 2.65. The van der Waals surface area contributed by atoms with Crippen molar-refractivity contribution in [3.05, 3.63) is 83.7 Å². The summed E-state index contributed by atoms with van der Waals surface area (Å²) < 4.78 is 27.5. The fourth-order valence-corrected chi connectivity index (χ4v) is 2.28. The van der Waals surface area contributed by atoms with E-state index in [0.29, 0.717) is 11.3 Å². The number of carbonyl (C=O) groups is 1. The Morgan fingerprint density at radius 1 is 1.04 bits per heavy atom. The minimum absolute atomic E-state index is 0.166. The quantitative estimate of drug-likeness (QED) is 0.738. The van der Waals surface area contributed by atoms with Crippen LogP contribution in [0.25, 0.3) is 0 Å². The summed E-state index contributed by atoms with van der Waals surface area (Å²) in [6, 6.07) is 13.4. The summed E-state index contributed by atoms with van der Waals surface area (Å²) in [5, 5.41) is 14.3. The number of hydrogen-bond donors (Lipinski definition) is 2. The summed E-state index contributed by atoms with van der Waals surface area (Å²) in [5.41, 5.74) is 0.756. The van der Waals surface area contributed by atoms with Crippen LogP contribution < -0.4 is 10.6 Å². The van der Waals surface area contributed by atoms with Crippen molar-refractivity contribution in [3.63, 3.8) is 0 Å². The summed E-state index contributed by atoms with van der Waals surface area (Å²) in [4.78, 5) is 16.3. The Balaban J connectivity index is 1.83. The van der Waals surface area contributed by atoms with Gasteiger partial charge in [0.25, 0.3) is 5.91 Å². The van der Waals surface area contributed by atoms with E-state index >= 15 is 0 Å². The average molecular weight is 350 g/mol. The van der Waals surface area contributed by atoms with Crippen LogP contribution in [-0.4, -0.2) is 10.9 Å². The Bertz CT molecular complexity index is 994. The van der Waals surface area contributed by atoms with Crippen molar-refractivity contribution < 1.29 is 13.6 Å². The Morgan fingerprint density at radius 3 is 2.50 bits per heavy atom. The molecular formula is C19H12F2N4O. The van der Waals surface area contributed by atoms with Crippen LogP contribution in [0.1, 0.15) is 15.9 Å². The zero-order valence-electron chi connectivity index (χ0n) is 13.3. The monoisotopic (exact) mass is 350 g/mol. The van der Waals surface area contributed by atoms with Gasteiger partial charge in [-0.15, -0.1) is 0 Å². The number of amides is 1. The van der Waals surface area contributed by atoms with Gasteiger partial charge in [-0.2, -0.15) is 5.26 Å². The van der Waals surface area contributed by atoms with Gasteiger partial charge in [0.1, 0.15) is 23.4 Å². The second-order valence-corrected chi connectivity index (χ2v) is 5.30. The summed E-state index contributed by atoms with van der Waals surface area (Å²) >= 11 is 0. The zero-order chi connectivity index (χ0) is 18.5. The van der Waals surface area contributed by atoms with Gasteiger partial charge in [0.05, 0.1) is 28.7 Å². The van der Waals surface area contributed by atoms with Crippen molar-refractivity contribution in [2.24, 2.45) is 0 Å². The summed E-state index contributed by atoms with van der Waals surface area (Å²) in [7, 11) is 0. The Kier molecular flexibility index (Phi) is 4.85. The number of para-hydroxylation sites is 2. The molecule has 0 radical (unpaired) electrons. The van der Waals surface area contributed by atoms with Crippen LogP contribution in [0.5, 0.6) is 0 Å². The zero-order valence-corrected chi connectivity index (χ0v) is 13.3. The second-order valence-electron chi connectivity index (χ2n) is 5.30. The molecule has 0 spiro atoms. The number of carbonyl (C=O) groups excluding carboxylic acids is 1. The molecule has 26 heavy (non-hydrogen) atoms. The third-order valence-corrected chi connectivity index (χ3v) is 3.53. The van der Waals surface area contributed by atoms with E-state index in [9.17, 15) is 13.6 Å². The molecule has 0 atom stereocenters.